The predicted octanol–water partition coefficient (Wildman–Crippen LogP) is 0.868. The number of aliphatic hydroxyl groups excluding tert-OH is 1. The van der Waals surface area contributed by atoms with E-state index in [0.717, 1.165) is 25.2 Å². The summed E-state index contributed by atoms with van der Waals surface area (Å²) < 4.78 is 34.4. The molecule has 0 saturated heterocycles. The van der Waals surface area contributed by atoms with Crippen LogP contribution in [0.4, 0.5) is 0 Å². The number of benzene rings is 1. The summed E-state index contributed by atoms with van der Waals surface area (Å²) in [5, 5.41) is 10.1. The van der Waals surface area contributed by atoms with Crippen molar-refractivity contribution < 1.29 is 23.1 Å². The Morgan fingerprint density at radius 2 is 1.94 bits per heavy atom. The zero-order valence-electron chi connectivity index (χ0n) is 18.7. The maximum Gasteiger partial charge on any atom is 0.310 e. The van der Waals surface area contributed by atoms with E-state index in [2.05, 4.69) is 9.97 Å². The van der Waals surface area contributed by atoms with Crippen molar-refractivity contribution in [1.82, 2.24) is 22.8 Å². The molecule has 176 valence electrons. The van der Waals surface area contributed by atoms with Crippen LogP contribution in [0.3, 0.4) is 0 Å². The van der Waals surface area contributed by atoms with E-state index in [1.807, 2.05) is 34.9 Å². The number of hydrogen-bond donors (Lipinski definition) is 1. The number of carbonyl (C=O) groups is 1. The van der Waals surface area contributed by atoms with Gasteiger partial charge in [0.05, 0.1) is 42.4 Å². The zero-order valence-corrected chi connectivity index (χ0v) is 19.5. The van der Waals surface area contributed by atoms with Crippen LogP contribution < -0.4 is 0 Å². The van der Waals surface area contributed by atoms with Crippen LogP contribution in [0.5, 0.6) is 0 Å². The highest BCUT2D eigenvalue weighted by atomic mass is 32.2. The van der Waals surface area contributed by atoms with E-state index in [1.54, 1.807) is 6.33 Å². The van der Waals surface area contributed by atoms with Crippen LogP contribution in [-0.4, -0.2) is 70.1 Å². The number of rotatable bonds is 7. The number of hydrogen-bond acceptors (Lipinski definition) is 7. The summed E-state index contributed by atoms with van der Waals surface area (Å²) >= 11 is 0. The molecule has 0 amide bonds. The highest BCUT2D eigenvalue weighted by molar-refractivity contribution is 7.87. The van der Waals surface area contributed by atoms with Gasteiger partial charge in [-0.3, -0.25) is 4.79 Å². The number of imidazole rings is 2. The fourth-order valence-electron chi connectivity index (χ4n) is 4.44. The number of nitrogens with zero attached hydrogens (tertiary/aromatic N) is 5. The Balaban J connectivity index is 1.86. The van der Waals surface area contributed by atoms with Gasteiger partial charge in [0.1, 0.15) is 6.33 Å². The van der Waals surface area contributed by atoms with Crippen molar-refractivity contribution in [1.29, 1.82) is 0 Å². The molecule has 1 aromatic carbocycles. The van der Waals surface area contributed by atoms with Crippen molar-refractivity contribution in [2.24, 2.45) is 11.8 Å². The average Bonchev–Trinajstić information content (AvgIpc) is 3.46. The maximum atomic E-state index is 12.9. The van der Waals surface area contributed by atoms with Gasteiger partial charge < -0.3 is 14.4 Å². The normalized spacial score (nSPS) is 20.6. The summed E-state index contributed by atoms with van der Waals surface area (Å²) in [4.78, 5) is 21.9. The van der Waals surface area contributed by atoms with Crippen LogP contribution in [0, 0.1) is 11.8 Å². The second-order valence-electron chi connectivity index (χ2n) is 8.28. The monoisotopic (exact) mass is 473 g/mol. The van der Waals surface area contributed by atoms with Gasteiger partial charge in [-0.1, -0.05) is 30.3 Å². The summed E-state index contributed by atoms with van der Waals surface area (Å²) in [5.41, 5.74) is 2.97. The first-order chi connectivity index (χ1) is 15.8. The Bertz CT molecular complexity index is 1240. The highest BCUT2D eigenvalue weighted by Crippen LogP contribution is 2.43. The molecule has 0 fully saturated rings. The summed E-state index contributed by atoms with van der Waals surface area (Å²) in [6.45, 7) is 0.284. The number of aromatic nitrogens is 4. The fraction of sp³-hybridized carbons (Fsp3) is 0.409. The van der Waals surface area contributed by atoms with Crippen LogP contribution in [0.2, 0.25) is 0 Å². The second kappa shape index (κ2) is 9.08. The minimum absolute atomic E-state index is 0.238. The van der Waals surface area contributed by atoms with Crippen molar-refractivity contribution in [3.63, 3.8) is 0 Å². The van der Waals surface area contributed by atoms with Gasteiger partial charge in [0, 0.05) is 39.4 Å². The number of aliphatic hydroxyl groups is 1. The van der Waals surface area contributed by atoms with E-state index in [0.29, 0.717) is 18.7 Å². The number of esters is 1. The van der Waals surface area contributed by atoms with Crippen LogP contribution in [0.1, 0.15) is 28.6 Å². The Morgan fingerprint density at radius 3 is 2.58 bits per heavy atom. The summed E-state index contributed by atoms with van der Waals surface area (Å²) in [6.07, 6.45) is 4.76. The molecular formula is C22H27N5O5S. The number of carbonyl (C=O) groups excluding carboxylic acids is 1. The van der Waals surface area contributed by atoms with Crippen molar-refractivity contribution in [2.75, 3.05) is 27.8 Å². The lowest BCUT2D eigenvalue weighted by Crippen LogP contribution is -2.39. The largest absolute Gasteiger partial charge is 0.469 e. The fourth-order valence-corrected chi connectivity index (χ4v) is 5.22. The second-order valence-corrected chi connectivity index (χ2v) is 10.3. The Labute approximate surface area is 192 Å². The van der Waals surface area contributed by atoms with Crippen LogP contribution in [0.25, 0.3) is 0 Å². The first kappa shape index (κ1) is 23.1. The number of methoxy groups -OCH3 is 1. The third-order valence-corrected chi connectivity index (χ3v) is 7.76. The lowest BCUT2D eigenvalue weighted by Gasteiger charge is -2.35. The summed E-state index contributed by atoms with van der Waals surface area (Å²) in [5.74, 6) is -2.31. The lowest BCUT2D eigenvalue weighted by molar-refractivity contribution is -0.149. The molecule has 33 heavy (non-hydrogen) atoms. The molecule has 11 heteroatoms. The van der Waals surface area contributed by atoms with Crippen LogP contribution >= 0.6 is 0 Å². The third-order valence-electron chi connectivity index (χ3n) is 6.11. The minimum Gasteiger partial charge on any atom is -0.469 e. The SMILES string of the molecule is COC(=O)[C@H]1[C@H](CO)Cc2ncn(Cc3ccccc3)c2[C@@H]1c1cn(S(=O)(=O)N(C)C)cn1. The average molecular weight is 474 g/mol. The molecule has 3 atom stereocenters. The third kappa shape index (κ3) is 4.19. The first-order valence-corrected chi connectivity index (χ1v) is 11.9. The Hall–Kier alpha value is -3.02. The van der Waals surface area contributed by atoms with Gasteiger partial charge in [-0.2, -0.15) is 12.7 Å². The summed E-state index contributed by atoms with van der Waals surface area (Å²) in [6, 6.07) is 9.83. The first-order valence-electron chi connectivity index (χ1n) is 10.5. The molecule has 2 heterocycles. The van der Waals surface area contributed by atoms with Crippen LogP contribution in [0.15, 0.2) is 49.2 Å². The molecule has 0 unspecified atom stereocenters. The molecule has 0 aliphatic heterocycles. The topological polar surface area (TPSA) is 120 Å². The van der Waals surface area contributed by atoms with E-state index in [1.165, 1.54) is 33.7 Å². The van der Waals surface area contributed by atoms with Crippen molar-refractivity contribution >= 4 is 16.2 Å². The minimum atomic E-state index is -3.78. The van der Waals surface area contributed by atoms with Gasteiger partial charge in [-0.25, -0.2) is 13.9 Å². The standard InChI is InChI=1S/C22H27N5O5S/c1-25(2)33(30,31)27-11-18(24-14-27)20-19(22(29)32-3)16(12-28)9-17-21(20)26(13-23-17)10-15-7-5-4-6-8-15/h4-8,11,13-14,16,19-20,28H,9-10,12H2,1-3H3/t16-,19-,20+/m0/s1. The lowest BCUT2D eigenvalue weighted by atomic mass is 9.71. The molecule has 10 nitrogen and oxygen atoms in total. The highest BCUT2D eigenvalue weighted by Gasteiger charge is 2.46. The molecule has 1 N–H and O–H groups in total. The quantitative estimate of drug-likeness (QED) is 0.506. The Morgan fingerprint density at radius 1 is 1.21 bits per heavy atom. The molecule has 1 aliphatic carbocycles. The van der Waals surface area contributed by atoms with E-state index < -0.39 is 33.9 Å². The predicted molar refractivity (Wildman–Crippen MR) is 120 cm³/mol. The van der Waals surface area contributed by atoms with Gasteiger partial charge in [0.15, 0.2) is 0 Å². The van der Waals surface area contributed by atoms with E-state index in [-0.39, 0.29) is 6.61 Å². The molecule has 4 rings (SSSR count). The molecule has 0 radical (unpaired) electrons. The van der Waals surface area contributed by atoms with Gasteiger partial charge >= 0.3 is 16.2 Å². The maximum absolute atomic E-state index is 12.9. The molecule has 2 aromatic heterocycles. The molecule has 3 aromatic rings. The molecule has 1 aliphatic rings. The molecule has 0 spiro atoms. The van der Waals surface area contributed by atoms with E-state index in [4.69, 9.17) is 4.74 Å². The number of ether oxygens (including phenoxy) is 1. The van der Waals surface area contributed by atoms with E-state index in [9.17, 15) is 18.3 Å². The van der Waals surface area contributed by atoms with Crippen molar-refractivity contribution in [2.45, 2.75) is 18.9 Å². The van der Waals surface area contributed by atoms with Gasteiger partial charge in [-0.15, -0.1) is 0 Å². The van der Waals surface area contributed by atoms with Crippen LogP contribution in [-0.2, 0) is 32.7 Å². The van der Waals surface area contributed by atoms with E-state index >= 15 is 0 Å². The number of fused-ring (bicyclic) bond motifs is 1. The van der Waals surface area contributed by atoms with Gasteiger partial charge in [0.2, 0.25) is 0 Å². The molecule has 0 bridgehead atoms. The van der Waals surface area contributed by atoms with Crippen molar-refractivity contribution in [3.05, 3.63) is 71.8 Å². The van der Waals surface area contributed by atoms with Gasteiger partial charge in [-0.05, 0) is 12.0 Å². The smallest absolute Gasteiger partial charge is 0.310 e. The zero-order chi connectivity index (χ0) is 23.8. The Kier molecular flexibility index (Phi) is 6.37. The summed E-state index contributed by atoms with van der Waals surface area (Å²) in [7, 11) is 0.389. The van der Waals surface area contributed by atoms with Gasteiger partial charge in [0.25, 0.3) is 0 Å². The molecular weight excluding hydrogens is 446 g/mol. The molecule has 0 saturated carbocycles. The van der Waals surface area contributed by atoms with Crippen molar-refractivity contribution in [3.8, 4) is 0 Å².